The summed E-state index contributed by atoms with van der Waals surface area (Å²) in [6.07, 6.45) is 3.39. The van der Waals surface area contributed by atoms with Crippen LogP contribution in [0.15, 0.2) is 10.7 Å². The minimum absolute atomic E-state index is 0.113. The maximum Gasteiger partial charge on any atom is 0.163 e. The van der Waals surface area contributed by atoms with E-state index in [-0.39, 0.29) is 12.0 Å². The van der Waals surface area contributed by atoms with Crippen LogP contribution >= 0.6 is 0 Å². The van der Waals surface area contributed by atoms with Crippen LogP contribution in [0.5, 0.6) is 0 Å². The Balaban J connectivity index is 2.36. The maximum absolute atomic E-state index is 9.38. The fourth-order valence-corrected chi connectivity index (χ4v) is 3.15. The van der Waals surface area contributed by atoms with Gasteiger partial charge in [0.1, 0.15) is 0 Å². The molecule has 5 heteroatoms. The summed E-state index contributed by atoms with van der Waals surface area (Å²) in [5.41, 5.74) is -0.113. The number of nitrogens with one attached hydrogen (secondary N) is 1. The molecule has 2 atom stereocenters. The lowest BCUT2D eigenvalue weighted by Crippen LogP contribution is -2.50. The van der Waals surface area contributed by atoms with Crippen molar-refractivity contribution in [3.05, 3.63) is 12.0 Å². The van der Waals surface area contributed by atoms with Gasteiger partial charge in [0, 0.05) is 17.3 Å². The number of rotatable bonds is 4. The van der Waals surface area contributed by atoms with E-state index in [1.165, 1.54) is 0 Å². The van der Waals surface area contributed by atoms with Crippen molar-refractivity contribution < 1.29 is 9.63 Å². The molecule has 1 saturated heterocycles. The quantitative estimate of drug-likeness (QED) is 0.818. The van der Waals surface area contributed by atoms with Crippen molar-refractivity contribution in [1.29, 1.82) is 0 Å². The van der Waals surface area contributed by atoms with Gasteiger partial charge in [0.15, 0.2) is 5.76 Å². The fraction of sp³-hybridized carbons (Fsp3) is 0.833. The van der Waals surface area contributed by atoms with Gasteiger partial charge < -0.3 is 14.9 Å². The first-order valence-electron chi connectivity index (χ1n) is 6.30. The van der Waals surface area contributed by atoms with Crippen molar-refractivity contribution >= 4 is 0 Å². The molecule has 2 heterocycles. The molecule has 0 bridgehead atoms. The number of nitrogens with zero attached hydrogens (tertiary/aromatic N) is 2. The Morgan fingerprint density at radius 2 is 2.47 bits per heavy atom. The van der Waals surface area contributed by atoms with E-state index in [0.717, 1.165) is 25.3 Å². The molecule has 96 valence electrons. The van der Waals surface area contributed by atoms with Crippen LogP contribution in [0.4, 0.5) is 0 Å². The molecule has 17 heavy (non-hydrogen) atoms. The Morgan fingerprint density at radius 3 is 3.06 bits per heavy atom. The smallest absolute Gasteiger partial charge is 0.163 e. The highest BCUT2D eigenvalue weighted by Crippen LogP contribution is 2.43. The van der Waals surface area contributed by atoms with Crippen LogP contribution in [0, 0.1) is 11.8 Å². The third kappa shape index (κ3) is 2.21. The lowest BCUT2D eigenvalue weighted by molar-refractivity contribution is 0.0861. The predicted octanol–water partition coefficient (Wildman–Crippen LogP) is 0.955. The van der Waals surface area contributed by atoms with Gasteiger partial charge in [0.2, 0.25) is 0 Å². The van der Waals surface area contributed by atoms with E-state index in [4.69, 9.17) is 4.52 Å². The minimum Gasteiger partial charge on any atom is -0.396 e. The van der Waals surface area contributed by atoms with E-state index >= 15 is 0 Å². The van der Waals surface area contributed by atoms with Crippen LogP contribution < -0.4 is 5.32 Å². The first-order chi connectivity index (χ1) is 8.20. The van der Waals surface area contributed by atoms with Gasteiger partial charge in [-0.2, -0.15) is 0 Å². The highest BCUT2D eigenvalue weighted by atomic mass is 16.5. The predicted molar refractivity (Wildman–Crippen MR) is 63.5 cm³/mol. The van der Waals surface area contributed by atoms with E-state index in [1.54, 1.807) is 6.20 Å². The van der Waals surface area contributed by atoms with E-state index in [0.29, 0.717) is 18.3 Å². The van der Waals surface area contributed by atoms with Crippen molar-refractivity contribution in [1.82, 2.24) is 15.7 Å². The molecule has 0 aliphatic carbocycles. The lowest BCUT2D eigenvalue weighted by atomic mass is 9.63. The van der Waals surface area contributed by atoms with Gasteiger partial charge in [-0.3, -0.25) is 0 Å². The van der Waals surface area contributed by atoms with Gasteiger partial charge in [-0.25, -0.2) is 0 Å². The SMILES string of the molecule is CC(C)C1CNCCC1(CCO)c1cnno1. The van der Waals surface area contributed by atoms with Crippen LogP contribution in [0.1, 0.15) is 32.4 Å². The number of aliphatic hydroxyl groups excluding tert-OH is 1. The van der Waals surface area contributed by atoms with Crippen molar-refractivity contribution in [3.8, 4) is 0 Å². The zero-order valence-corrected chi connectivity index (χ0v) is 10.5. The van der Waals surface area contributed by atoms with Crippen molar-refractivity contribution in [2.24, 2.45) is 11.8 Å². The zero-order valence-electron chi connectivity index (χ0n) is 10.5. The van der Waals surface area contributed by atoms with Crippen LogP contribution in [0.2, 0.25) is 0 Å². The highest BCUT2D eigenvalue weighted by molar-refractivity contribution is 5.15. The molecule has 1 fully saturated rings. The summed E-state index contributed by atoms with van der Waals surface area (Å²) in [6, 6.07) is 0. The van der Waals surface area contributed by atoms with Crippen molar-refractivity contribution in [3.63, 3.8) is 0 Å². The Morgan fingerprint density at radius 1 is 1.65 bits per heavy atom. The van der Waals surface area contributed by atoms with Crippen LogP contribution in [-0.2, 0) is 5.41 Å². The van der Waals surface area contributed by atoms with Crippen molar-refractivity contribution in [2.45, 2.75) is 32.1 Å². The van der Waals surface area contributed by atoms with Gasteiger partial charge in [0.25, 0.3) is 0 Å². The van der Waals surface area contributed by atoms with Gasteiger partial charge in [-0.05, 0) is 37.8 Å². The van der Waals surface area contributed by atoms with E-state index in [1.807, 2.05) is 0 Å². The first-order valence-corrected chi connectivity index (χ1v) is 6.30. The molecule has 2 unspecified atom stereocenters. The number of piperidine rings is 1. The van der Waals surface area contributed by atoms with Crippen LogP contribution in [-0.4, -0.2) is 35.2 Å². The highest BCUT2D eigenvalue weighted by Gasteiger charge is 2.45. The molecule has 5 nitrogen and oxygen atoms in total. The molecule has 0 saturated carbocycles. The molecule has 1 aromatic heterocycles. The summed E-state index contributed by atoms with van der Waals surface area (Å²) in [5.74, 6) is 1.80. The summed E-state index contributed by atoms with van der Waals surface area (Å²) in [5, 5.41) is 20.2. The zero-order chi connectivity index (χ0) is 12.3. The third-order valence-electron chi connectivity index (χ3n) is 4.04. The number of aromatic nitrogens is 2. The molecule has 0 amide bonds. The van der Waals surface area contributed by atoms with E-state index in [9.17, 15) is 5.11 Å². The monoisotopic (exact) mass is 239 g/mol. The minimum atomic E-state index is -0.113. The second-order valence-corrected chi connectivity index (χ2v) is 5.22. The van der Waals surface area contributed by atoms with Crippen LogP contribution in [0.3, 0.4) is 0 Å². The normalized spacial score (nSPS) is 29.8. The summed E-state index contributed by atoms with van der Waals surface area (Å²) in [7, 11) is 0. The molecule has 1 aromatic rings. The second-order valence-electron chi connectivity index (χ2n) is 5.22. The molecule has 1 aliphatic heterocycles. The number of hydrogen-bond acceptors (Lipinski definition) is 5. The Hall–Kier alpha value is -0.940. The van der Waals surface area contributed by atoms with Crippen LogP contribution in [0.25, 0.3) is 0 Å². The third-order valence-corrected chi connectivity index (χ3v) is 4.04. The van der Waals surface area contributed by atoms with E-state index in [2.05, 4.69) is 29.5 Å². The van der Waals surface area contributed by atoms with Gasteiger partial charge >= 0.3 is 0 Å². The van der Waals surface area contributed by atoms with Gasteiger partial charge in [-0.15, -0.1) is 5.10 Å². The molecule has 1 aliphatic rings. The molecule has 0 aromatic carbocycles. The maximum atomic E-state index is 9.38. The standard InChI is InChI=1S/C12H21N3O2/c1-9(2)10-7-13-5-3-12(10,4-6-16)11-8-14-15-17-11/h8-10,13,16H,3-7H2,1-2H3. The average Bonchev–Trinajstić information content (AvgIpc) is 2.83. The Bertz CT molecular complexity index is 336. The van der Waals surface area contributed by atoms with Crippen molar-refractivity contribution in [2.75, 3.05) is 19.7 Å². The molecular weight excluding hydrogens is 218 g/mol. The number of hydrogen-bond donors (Lipinski definition) is 2. The Labute approximate surface area is 102 Å². The molecular formula is C12H21N3O2. The molecule has 2 N–H and O–H groups in total. The Kier molecular flexibility index (Phi) is 3.79. The fourth-order valence-electron chi connectivity index (χ4n) is 3.15. The summed E-state index contributed by atoms with van der Waals surface area (Å²) in [6.45, 7) is 6.51. The summed E-state index contributed by atoms with van der Waals surface area (Å²) in [4.78, 5) is 0. The molecule has 0 spiro atoms. The number of aliphatic hydroxyl groups is 1. The second kappa shape index (κ2) is 5.14. The lowest BCUT2D eigenvalue weighted by Gasteiger charge is -2.44. The first kappa shape index (κ1) is 12.5. The average molecular weight is 239 g/mol. The largest absolute Gasteiger partial charge is 0.396 e. The molecule has 0 radical (unpaired) electrons. The van der Waals surface area contributed by atoms with E-state index < -0.39 is 0 Å². The molecule has 2 rings (SSSR count). The topological polar surface area (TPSA) is 71.2 Å². The van der Waals surface area contributed by atoms with Gasteiger partial charge in [-0.1, -0.05) is 13.8 Å². The van der Waals surface area contributed by atoms with Gasteiger partial charge in [0.05, 0.1) is 6.20 Å². The summed E-state index contributed by atoms with van der Waals surface area (Å²) < 4.78 is 5.31. The summed E-state index contributed by atoms with van der Waals surface area (Å²) >= 11 is 0.